The maximum absolute atomic E-state index is 13.2. The smallest absolute Gasteiger partial charge is 0.243 e. The number of amides is 1. The third kappa shape index (κ3) is 7.92. The van der Waals surface area contributed by atoms with Gasteiger partial charge < -0.3 is 16.0 Å². The van der Waals surface area contributed by atoms with Crippen LogP contribution in [0.3, 0.4) is 0 Å². The molecule has 0 aliphatic rings. The molecule has 3 N–H and O–H groups in total. The van der Waals surface area contributed by atoms with E-state index in [-0.39, 0.29) is 42.2 Å². The molecule has 0 atom stereocenters. The number of aliphatic imine (C=N–C) groups is 1. The lowest BCUT2D eigenvalue weighted by atomic mass is 10.2. The lowest BCUT2D eigenvalue weighted by Crippen LogP contribution is -2.41. The number of halogens is 2. The normalized spacial score (nSPS) is 10.6. The number of carbonyl (C=O) groups excluding carboxylic acids is 1. The number of anilines is 1. The number of pyridine rings is 1. The Hall–Kier alpha value is -2.23. The monoisotopic (exact) mass is 457 g/mol. The second kappa shape index (κ2) is 11.3. The van der Waals surface area contributed by atoms with Crippen molar-refractivity contribution in [2.75, 3.05) is 18.4 Å². The van der Waals surface area contributed by atoms with E-state index in [0.29, 0.717) is 24.7 Å². The predicted molar refractivity (Wildman–Crippen MR) is 108 cm³/mol. The van der Waals surface area contributed by atoms with Crippen LogP contribution in [-0.4, -0.2) is 29.9 Å². The summed E-state index contributed by atoms with van der Waals surface area (Å²) in [6, 6.07) is 9.76. The number of guanidine groups is 1. The summed E-state index contributed by atoms with van der Waals surface area (Å²) in [5.74, 6) is -0.0148. The number of nitrogens with one attached hydrogen (secondary N) is 3. The number of hydrogen-bond donors (Lipinski definition) is 3. The van der Waals surface area contributed by atoms with Gasteiger partial charge in [0.05, 0.1) is 25.0 Å². The highest BCUT2D eigenvalue weighted by Gasteiger charge is 2.04. The molecule has 25 heavy (non-hydrogen) atoms. The van der Waals surface area contributed by atoms with Gasteiger partial charge in [0.1, 0.15) is 5.82 Å². The number of nitrogens with zero attached hydrogens (tertiary/aromatic N) is 2. The molecule has 0 saturated heterocycles. The Labute approximate surface area is 163 Å². The van der Waals surface area contributed by atoms with Crippen LogP contribution in [0, 0.1) is 5.82 Å². The van der Waals surface area contributed by atoms with Gasteiger partial charge in [0.25, 0.3) is 0 Å². The highest BCUT2D eigenvalue weighted by molar-refractivity contribution is 14.0. The second-order valence-corrected chi connectivity index (χ2v) is 4.97. The van der Waals surface area contributed by atoms with Crippen molar-refractivity contribution in [3.63, 3.8) is 0 Å². The largest absolute Gasteiger partial charge is 0.357 e. The molecule has 0 saturated carbocycles. The fraction of sp³-hybridized carbons (Fsp3) is 0.235. The summed E-state index contributed by atoms with van der Waals surface area (Å²) in [4.78, 5) is 20.2. The molecule has 0 unspecified atom stereocenters. The number of aromatic nitrogens is 1. The first-order valence-electron chi connectivity index (χ1n) is 7.64. The molecule has 1 amide bonds. The third-order valence-electron chi connectivity index (χ3n) is 3.01. The Morgan fingerprint density at radius 2 is 2.08 bits per heavy atom. The summed E-state index contributed by atoms with van der Waals surface area (Å²) in [6.45, 7) is 2.95. The molecule has 0 aliphatic carbocycles. The van der Waals surface area contributed by atoms with Crippen LogP contribution in [-0.2, 0) is 11.3 Å². The molecule has 2 aromatic rings. The van der Waals surface area contributed by atoms with Crippen molar-refractivity contribution < 1.29 is 9.18 Å². The fourth-order valence-electron chi connectivity index (χ4n) is 1.95. The van der Waals surface area contributed by atoms with Crippen LogP contribution in [0.5, 0.6) is 0 Å². The van der Waals surface area contributed by atoms with Crippen LogP contribution in [0.15, 0.2) is 53.8 Å². The van der Waals surface area contributed by atoms with Crippen molar-refractivity contribution in [1.82, 2.24) is 15.6 Å². The minimum Gasteiger partial charge on any atom is -0.357 e. The Bertz CT molecular complexity index is 696. The topological polar surface area (TPSA) is 78.4 Å². The summed E-state index contributed by atoms with van der Waals surface area (Å²) in [6.07, 6.45) is 3.21. The number of rotatable bonds is 6. The Morgan fingerprint density at radius 3 is 2.76 bits per heavy atom. The molecule has 1 aromatic carbocycles. The van der Waals surface area contributed by atoms with Gasteiger partial charge in [-0.3, -0.25) is 9.78 Å². The third-order valence-corrected chi connectivity index (χ3v) is 3.01. The van der Waals surface area contributed by atoms with E-state index in [2.05, 4.69) is 25.9 Å². The van der Waals surface area contributed by atoms with Crippen LogP contribution < -0.4 is 16.0 Å². The molecular weight excluding hydrogens is 436 g/mol. The van der Waals surface area contributed by atoms with Crippen molar-refractivity contribution in [3.8, 4) is 0 Å². The molecule has 8 heteroatoms. The van der Waals surface area contributed by atoms with Crippen molar-refractivity contribution in [2.45, 2.75) is 13.5 Å². The van der Waals surface area contributed by atoms with Gasteiger partial charge in [-0.05, 0) is 36.8 Å². The zero-order valence-electron chi connectivity index (χ0n) is 13.8. The van der Waals surface area contributed by atoms with E-state index in [1.54, 1.807) is 36.7 Å². The summed E-state index contributed by atoms with van der Waals surface area (Å²) in [5.41, 5.74) is 1.39. The van der Waals surface area contributed by atoms with E-state index in [1.165, 1.54) is 12.1 Å². The molecule has 0 radical (unpaired) electrons. The number of hydrogen-bond acceptors (Lipinski definition) is 3. The molecule has 1 heterocycles. The van der Waals surface area contributed by atoms with Gasteiger partial charge in [-0.25, -0.2) is 9.38 Å². The average molecular weight is 457 g/mol. The Kier molecular flexibility index (Phi) is 9.45. The molecule has 134 valence electrons. The molecule has 0 aliphatic heterocycles. The average Bonchev–Trinajstić information content (AvgIpc) is 2.58. The van der Waals surface area contributed by atoms with E-state index in [0.717, 1.165) is 5.56 Å². The maximum Gasteiger partial charge on any atom is 0.243 e. The highest BCUT2D eigenvalue weighted by atomic mass is 127. The molecular formula is C17H21FIN5O. The Balaban J connectivity index is 0.00000312. The first-order valence-corrected chi connectivity index (χ1v) is 7.64. The van der Waals surface area contributed by atoms with Gasteiger partial charge in [0.2, 0.25) is 5.91 Å². The lowest BCUT2D eigenvalue weighted by Gasteiger charge is -2.11. The van der Waals surface area contributed by atoms with E-state index < -0.39 is 0 Å². The minimum absolute atomic E-state index is 0. The summed E-state index contributed by atoms with van der Waals surface area (Å²) >= 11 is 0. The van der Waals surface area contributed by atoms with Gasteiger partial charge in [-0.1, -0.05) is 12.1 Å². The van der Waals surface area contributed by atoms with Gasteiger partial charge in [-0.15, -0.1) is 24.0 Å². The highest BCUT2D eigenvalue weighted by Crippen LogP contribution is 2.04. The number of benzene rings is 1. The zero-order chi connectivity index (χ0) is 17.2. The van der Waals surface area contributed by atoms with Crippen LogP contribution in [0.1, 0.15) is 12.5 Å². The first-order chi connectivity index (χ1) is 11.7. The minimum atomic E-state index is -0.295. The van der Waals surface area contributed by atoms with E-state index in [9.17, 15) is 9.18 Å². The number of carbonyl (C=O) groups is 1. The second-order valence-electron chi connectivity index (χ2n) is 4.97. The van der Waals surface area contributed by atoms with E-state index in [1.807, 2.05) is 6.92 Å². The van der Waals surface area contributed by atoms with E-state index in [4.69, 9.17) is 0 Å². The Morgan fingerprint density at radius 1 is 1.24 bits per heavy atom. The molecule has 6 nitrogen and oxygen atoms in total. The predicted octanol–water partition coefficient (Wildman–Crippen LogP) is 2.53. The molecule has 0 spiro atoms. The fourth-order valence-corrected chi connectivity index (χ4v) is 1.95. The molecule has 1 aromatic heterocycles. The van der Waals surface area contributed by atoms with Crippen molar-refractivity contribution in [1.29, 1.82) is 0 Å². The zero-order valence-corrected chi connectivity index (χ0v) is 16.2. The van der Waals surface area contributed by atoms with Gasteiger partial charge in [-0.2, -0.15) is 0 Å². The maximum atomic E-state index is 13.2. The van der Waals surface area contributed by atoms with Crippen LogP contribution >= 0.6 is 24.0 Å². The van der Waals surface area contributed by atoms with Crippen molar-refractivity contribution in [2.24, 2.45) is 4.99 Å². The summed E-state index contributed by atoms with van der Waals surface area (Å²) in [5, 5.41) is 8.70. The van der Waals surface area contributed by atoms with Crippen molar-refractivity contribution in [3.05, 3.63) is 60.2 Å². The van der Waals surface area contributed by atoms with Gasteiger partial charge in [0.15, 0.2) is 5.96 Å². The first kappa shape index (κ1) is 20.8. The summed E-state index contributed by atoms with van der Waals surface area (Å²) in [7, 11) is 0. The van der Waals surface area contributed by atoms with Crippen LogP contribution in [0.2, 0.25) is 0 Å². The van der Waals surface area contributed by atoms with Gasteiger partial charge in [0, 0.05) is 12.7 Å². The van der Waals surface area contributed by atoms with Gasteiger partial charge >= 0.3 is 0 Å². The molecule has 0 fully saturated rings. The summed E-state index contributed by atoms with van der Waals surface area (Å²) < 4.78 is 13.2. The van der Waals surface area contributed by atoms with Crippen LogP contribution in [0.4, 0.5) is 10.1 Å². The molecule has 0 bridgehead atoms. The SMILES string of the molecule is CCNC(=NCc1cccc(F)c1)NCC(=O)Nc1cccnc1.I. The van der Waals surface area contributed by atoms with Crippen molar-refractivity contribution >= 4 is 41.5 Å². The standard InChI is InChI=1S/C17H20FN5O.HI/c1-2-20-17(21-10-13-5-3-6-14(18)9-13)22-12-16(24)23-15-7-4-8-19-11-15;/h3-9,11H,2,10,12H2,1H3,(H,23,24)(H2,20,21,22);1H. The molecule has 2 rings (SSSR count). The quantitative estimate of drug-likeness (QED) is 0.354. The van der Waals surface area contributed by atoms with E-state index >= 15 is 0 Å². The van der Waals surface area contributed by atoms with Crippen LogP contribution in [0.25, 0.3) is 0 Å². The lowest BCUT2D eigenvalue weighted by molar-refractivity contribution is -0.115.